The number of aromatic nitrogens is 2. The van der Waals surface area contributed by atoms with Gasteiger partial charge in [-0.3, -0.25) is 4.79 Å². The average molecular weight is 453 g/mol. The molecule has 2 rings (SSSR count). The Bertz CT molecular complexity index is 725. The topological polar surface area (TPSA) is 54.9 Å². The van der Waals surface area contributed by atoms with E-state index in [1.54, 1.807) is 6.07 Å². The average Bonchev–Trinajstić information content (AvgIpc) is 2.47. The molecule has 1 amide bonds. The van der Waals surface area contributed by atoms with Crippen LogP contribution in [0.5, 0.6) is 0 Å². The minimum Gasteiger partial charge on any atom is -0.325 e. The van der Waals surface area contributed by atoms with Gasteiger partial charge in [-0.1, -0.05) is 11.8 Å². The van der Waals surface area contributed by atoms with Crippen LogP contribution in [0.2, 0.25) is 0 Å². The van der Waals surface area contributed by atoms with E-state index in [1.807, 2.05) is 19.1 Å². The Labute approximate surface area is 148 Å². The number of amides is 1. The number of hydrogen-bond acceptors (Lipinski definition) is 4. The number of carbonyl (C=O) groups is 1. The van der Waals surface area contributed by atoms with E-state index in [-0.39, 0.29) is 16.8 Å². The summed E-state index contributed by atoms with van der Waals surface area (Å²) >= 11 is 3.02. The summed E-state index contributed by atoms with van der Waals surface area (Å²) in [4.78, 5) is 19.0. The van der Waals surface area contributed by atoms with Gasteiger partial charge in [0.05, 0.1) is 5.75 Å². The summed E-state index contributed by atoms with van der Waals surface area (Å²) in [5.74, 6) is -0.410. The molecule has 0 aliphatic heterocycles. The SMILES string of the molecule is Cc1cc(I)ccc1NC(=O)CSc1nccc(C(F)(F)F)n1. The molecular formula is C14H11F3IN3OS. The van der Waals surface area contributed by atoms with Crippen LogP contribution in [0, 0.1) is 10.5 Å². The molecule has 0 bridgehead atoms. The summed E-state index contributed by atoms with van der Waals surface area (Å²) in [6.07, 6.45) is -3.50. The Balaban J connectivity index is 1.97. The second-order valence-electron chi connectivity index (χ2n) is 4.52. The molecule has 0 unspecified atom stereocenters. The highest BCUT2D eigenvalue weighted by Gasteiger charge is 2.32. The highest BCUT2D eigenvalue weighted by molar-refractivity contribution is 14.1. The number of nitrogens with zero attached hydrogens (tertiary/aromatic N) is 2. The molecule has 0 aliphatic rings. The van der Waals surface area contributed by atoms with Gasteiger partial charge in [-0.25, -0.2) is 9.97 Å². The second-order valence-corrected chi connectivity index (χ2v) is 6.71. The van der Waals surface area contributed by atoms with E-state index in [1.165, 1.54) is 0 Å². The first-order chi connectivity index (χ1) is 10.8. The van der Waals surface area contributed by atoms with Gasteiger partial charge in [-0.15, -0.1) is 0 Å². The molecule has 1 aromatic carbocycles. The zero-order valence-electron chi connectivity index (χ0n) is 11.8. The third-order valence-electron chi connectivity index (χ3n) is 2.72. The lowest BCUT2D eigenvalue weighted by molar-refractivity contribution is -0.141. The van der Waals surface area contributed by atoms with Gasteiger partial charge in [-0.2, -0.15) is 13.2 Å². The molecule has 0 atom stereocenters. The number of carbonyl (C=O) groups excluding carboxylic acids is 1. The maximum absolute atomic E-state index is 12.6. The molecule has 0 radical (unpaired) electrons. The van der Waals surface area contributed by atoms with Crippen LogP contribution in [0.1, 0.15) is 11.3 Å². The van der Waals surface area contributed by atoms with Crippen molar-refractivity contribution in [1.82, 2.24) is 9.97 Å². The smallest absolute Gasteiger partial charge is 0.325 e. The normalized spacial score (nSPS) is 11.3. The van der Waals surface area contributed by atoms with Crippen LogP contribution in [-0.4, -0.2) is 21.6 Å². The van der Waals surface area contributed by atoms with E-state index in [0.717, 1.165) is 33.2 Å². The Morgan fingerprint density at radius 1 is 1.35 bits per heavy atom. The fourth-order valence-corrected chi connectivity index (χ4v) is 2.93. The molecule has 0 fully saturated rings. The summed E-state index contributed by atoms with van der Waals surface area (Å²) in [5, 5.41) is 2.62. The summed E-state index contributed by atoms with van der Waals surface area (Å²) in [7, 11) is 0. The Hall–Kier alpha value is -1.36. The molecule has 23 heavy (non-hydrogen) atoms. The lowest BCUT2D eigenvalue weighted by Crippen LogP contribution is -2.15. The maximum Gasteiger partial charge on any atom is 0.433 e. The van der Waals surface area contributed by atoms with Gasteiger partial charge in [0, 0.05) is 15.5 Å². The van der Waals surface area contributed by atoms with Gasteiger partial charge in [-0.05, 0) is 59.3 Å². The minimum absolute atomic E-state index is 0.0766. The van der Waals surface area contributed by atoms with Crippen molar-refractivity contribution in [3.05, 3.63) is 45.3 Å². The first-order valence-electron chi connectivity index (χ1n) is 6.35. The highest BCUT2D eigenvalue weighted by atomic mass is 127. The summed E-state index contributed by atoms with van der Waals surface area (Å²) in [6.45, 7) is 1.86. The summed E-state index contributed by atoms with van der Waals surface area (Å²) < 4.78 is 38.7. The lowest BCUT2D eigenvalue weighted by Gasteiger charge is -2.09. The first kappa shape index (κ1) is 18.0. The molecule has 122 valence electrons. The number of aryl methyl sites for hydroxylation is 1. The molecule has 4 nitrogen and oxygen atoms in total. The highest BCUT2D eigenvalue weighted by Crippen LogP contribution is 2.28. The van der Waals surface area contributed by atoms with Crippen molar-refractivity contribution in [2.24, 2.45) is 0 Å². The molecule has 9 heteroatoms. The predicted molar refractivity (Wildman–Crippen MR) is 90.3 cm³/mol. The van der Waals surface area contributed by atoms with E-state index in [2.05, 4.69) is 37.9 Å². The maximum atomic E-state index is 12.6. The number of anilines is 1. The molecule has 0 spiro atoms. The van der Waals surface area contributed by atoms with Crippen LogP contribution in [0.25, 0.3) is 0 Å². The van der Waals surface area contributed by atoms with E-state index < -0.39 is 11.9 Å². The van der Waals surface area contributed by atoms with Crippen LogP contribution in [0.3, 0.4) is 0 Å². The monoisotopic (exact) mass is 453 g/mol. The van der Waals surface area contributed by atoms with E-state index in [4.69, 9.17) is 0 Å². The molecule has 1 N–H and O–H groups in total. The van der Waals surface area contributed by atoms with Gasteiger partial charge < -0.3 is 5.32 Å². The second kappa shape index (κ2) is 7.47. The van der Waals surface area contributed by atoms with Gasteiger partial charge >= 0.3 is 6.18 Å². The number of nitrogens with one attached hydrogen (secondary N) is 1. The molecule has 2 aromatic rings. The molecule has 1 heterocycles. The standard InChI is InChI=1S/C14H11F3IN3OS/c1-8-6-9(18)2-3-10(8)20-12(22)7-23-13-19-5-4-11(21-13)14(15,16)17/h2-6H,7H2,1H3,(H,20,22). The van der Waals surface area contributed by atoms with Crippen molar-refractivity contribution in [3.63, 3.8) is 0 Å². The van der Waals surface area contributed by atoms with Crippen LogP contribution in [0.15, 0.2) is 35.6 Å². The summed E-state index contributed by atoms with van der Waals surface area (Å²) in [6, 6.07) is 6.34. The Morgan fingerprint density at radius 3 is 2.74 bits per heavy atom. The number of benzene rings is 1. The van der Waals surface area contributed by atoms with Crippen LogP contribution in [0.4, 0.5) is 18.9 Å². The zero-order chi connectivity index (χ0) is 17.0. The van der Waals surface area contributed by atoms with Gasteiger partial charge in [0.2, 0.25) is 5.91 Å². The third-order valence-corrected chi connectivity index (χ3v) is 4.25. The zero-order valence-corrected chi connectivity index (χ0v) is 14.8. The van der Waals surface area contributed by atoms with Crippen molar-refractivity contribution >= 4 is 45.9 Å². The van der Waals surface area contributed by atoms with Gasteiger partial charge in [0.1, 0.15) is 5.69 Å². The van der Waals surface area contributed by atoms with E-state index >= 15 is 0 Å². The van der Waals surface area contributed by atoms with Crippen molar-refractivity contribution in [2.75, 3.05) is 11.1 Å². The number of rotatable bonds is 4. The summed E-state index contributed by atoms with van der Waals surface area (Å²) in [5.41, 5.74) is 0.551. The molecule has 0 saturated carbocycles. The van der Waals surface area contributed by atoms with Crippen LogP contribution in [-0.2, 0) is 11.0 Å². The first-order valence-corrected chi connectivity index (χ1v) is 8.41. The van der Waals surface area contributed by atoms with Crippen molar-refractivity contribution in [3.8, 4) is 0 Å². The van der Waals surface area contributed by atoms with Gasteiger partial charge in [0.25, 0.3) is 0 Å². The number of alkyl halides is 3. The fourth-order valence-electron chi connectivity index (χ4n) is 1.65. The Kier molecular flexibility index (Phi) is 5.84. The third kappa shape index (κ3) is 5.34. The van der Waals surface area contributed by atoms with Crippen LogP contribution >= 0.6 is 34.4 Å². The fraction of sp³-hybridized carbons (Fsp3) is 0.214. The minimum atomic E-state index is -4.53. The van der Waals surface area contributed by atoms with Crippen molar-refractivity contribution in [2.45, 2.75) is 18.3 Å². The predicted octanol–water partition coefficient (Wildman–Crippen LogP) is 4.14. The molecular weight excluding hydrogens is 442 g/mol. The molecule has 0 saturated heterocycles. The molecule has 1 aromatic heterocycles. The van der Waals surface area contributed by atoms with Crippen molar-refractivity contribution in [1.29, 1.82) is 0 Å². The van der Waals surface area contributed by atoms with Crippen LogP contribution < -0.4 is 5.32 Å². The van der Waals surface area contributed by atoms with Crippen molar-refractivity contribution < 1.29 is 18.0 Å². The largest absolute Gasteiger partial charge is 0.433 e. The van der Waals surface area contributed by atoms with E-state index in [9.17, 15) is 18.0 Å². The van der Waals surface area contributed by atoms with E-state index in [0.29, 0.717) is 5.69 Å². The quantitative estimate of drug-likeness (QED) is 0.430. The number of thioether (sulfide) groups is 1. The number of hydrogen-bond donors (Lipinski definition) is 1. The number of halogens is 4. The van der Waals surface area contributed by atoms with Gasteiger partial charge in [0.15, 0.2) is 5.16 Å². The Morgan fingerprint density at radius 2 is 2.09 bits per heavy atom. The molecule has 0 aliphatic carbocycles. The lowest BCUT2D eigenvalue weighted by atomic mass is 10.2.